The summed E-state index contributed by atoms with van der Waals surface area (Å²) < 4.78 is 5.46. The standard InChI is InChI=1S/C18H20N2O4/c1-3-10-24-15-7-4-13(5-8-15)18(23)20-19-12(2)16-9-6-14(21)11-17(16)22/h4-9,11,21-22H,3,10H2,1-2H3,(H,20,23)/b19-12+. The van der Waals surface area contributed by atoms with Gasteiger partial charge in [-0.25, -0.2) is 5.43 Å². The molecule has 0 fully saturated rings. The summed E-state index contributed by atoms with van der Waals surface area (Å²) in [6.07, 6.45) is 0.917. The van der Waals surface area contributed by atoms with Gasteiger partial charge in [0.05, 0.1) is 12.3 Å². The second kappa shape index (κ2) is 8.01. The topological polar surface area (TPSA) is 91.2 Å². The maximum Gasteiger partial charge on any atom is 0.271 e. The lowest BCUT2D eigenvalue weighted by molar-refractivity contribution is 0.0954. The van der Waals surface area contributed by atoms with E-state index in [0.717, 1.165) is 6.42 Å². The van der Waals surface area contributed by atoms with Crippen LogP contribution < -0.4 is 10.2 Å². The van der Waals surface area contributed by atoms with E-state index in [-0.39, 0.29) is 17.4 Å². The van der Waals surface area contributed by atoms with Crippen LogP contribution >= 0.6 is 0 Å². The van der Waals surface area contributed by atoms with Crippen molar-refractivity contribution < 1.29 is 19.7 Å². The smallest absolute Gasteiger partial charge is 0.271 e. The van der Waals surface area contributed by atoms with Gasteiger partial charge in [-0.15, -0.1) is 0 Å². The number of nitrogens with one attached hydrogen (secondary N) is 1. The molecule has 2 rings (SSSR count). The lowest BCUT2D eigenvalue weighted by atomic mass is 10.1. The second-order valence-electron chi connectivity index (χ2n) is 5.21. The molecule has 0 atom stereocenters. The number of aromatic hydroxyl groups is 2. The minimum atomic E-state index is -0.366. The minimum absolute atomic E-state index is 0.0431. The number of phenolic OH excluding ortho intramolecular Hbond substituents is 2. The normalized spacial score (nSPS) is 11.2. The number of rotatable bonds is 6. The lowest BCUT2D eigenvalue weighted by Crippen LogP contribution is -2.19. The van der Waals surface area contributed by atoms with Crippen LogP contribution in [0.25, 0.3) is 0 Å². The third kappa shape index (κ3) is 4.49. The molecule has 2 aromatic rings. The molecule has 6 nitrogen and oxygen atoms in total. The highest BCUT2D eigenvalue weighted by Gasteiger charge is 2.08. The Labute approximate surface area is 140 Å². The molecule has 3 N–H and O–H groups in total. The third-order valence-electron chi connectivity index (χ3n) is 3.29. The average Bonchev–Trinajstić information content (AvgIpc) is 2.58. The van der Waals surface area contributed by atoms with E-state index in [1.165, 1.54) is 18.2 Å². The second-order valence-corrected chi connectivity index (χ2v) is 5.21. The molecule has 6 heteroatoms. The number of hydrogen-bond acceptors (Lipinski definition) is 5. The molecule has 0 heterocycles. The number of hydrazone groups is 1. The van der Waals surface area contributed by atoms with Crippen molar-refractivity contribution in [3.05, 3.63) is 53.6 Å². The van der Waals surface area contributed by atoms with Gasteiger partial charge < -0.3 is 14.9 Å². The highest BCUT2D eigenvalue weighted by Crippen LogP contribution is 2.23. The van der Waals surface area contributed by atoms with Gasteiger partial charge in [-0.05, 0) is 49.7 Å². The monoisotopic (exact) mass is 328 g/mol. The number of hydrogen-bond donors (Lipinski definition) is 3. The molecule has 126 valence electrons. The molecular weight excluding hydrogens is 308 g/mol. The van der Waals surface area contributed by atoms with Crippen LogP contribution in [-0.4, -0.2) is 28.4 Å². The molecule has 0 bridgehead atoms. The van der Waals surface area contributed by atoms with Gasteiger partial charge >= 0.3 is 0 Å². The van der Waals surface area contributed by atoms with Gasteiger partial charge in [-0.3, -0.25) is 4.79 Å². The van der Waals surface area contributed by atoms with Crippen molar-refractivity contribution >= 4 is 11.6 Å². The predicted octanol–water partition coefficient (Wildman–Crippen LogP) is 3.04. The van der Waals surface area contributed by atoms with Crippen LogP contribution in [0.4, 0.5) is 0 Å². The van der Waals surface area contributed by atoms with Gasteiger partial charge in [-0.1, -0.05) is 6.92 Å². The van der Waals surface area contributed by atoms with E-state index in [0.29, 0.717) is 29.2 Å². The van der Waals surface area contributed by atoms with E-state index in [1.54, 1.807) is 31.2 Å². The summed E-state index contributed by atoms with van der Waals surface area (Å²) in [4.78, 5) is 12.1. The van der Waals surface area contributed by atoms with Crippen LogP contribution in [0.2, 0.25) is 0 Å². The highest BCUT2D eigenvalue weighted by molar-refractivity contribution is 6.02. The van der Waals surface area contributed by atoms with Gasteiger partial charge in [0, 0.05) is 17.2 Å². The zero-order chi connectivity index (χ0) is 17.5. The summed E-state index contributed by atoms with van der Waals surface area (Å²) in [5.41, 5.74) is 3.73. The first kappa shape index (κ1) is 17.3. The number of benzene rings is 2. The molecular formula is C18H20N2O4. The van der Waals surface area contributed by atoms with Crippen LogP contribution in [0.3, 0.4) is 0 Å². The summed E-state index contributed by atoms with van der Waals surface area (Å²) in [5.74, 6) is 0.193. The molecule has 0 unspecified atom stereocenters. The third-order valence-corrected chi connectivity index (χ3v) is 3.29. The van der Waals surface area contributed by atoms with E-state index >= 15 is 0 Å². The quantitative estimate of drug-likeness (QED) is 0.561. The molecule has 2 aromatic carbocycles. The number of carbonyl (C=O) groups excluding carboxylic acids is 1. The first-order valence-electron chi connectivity index (χ1n) is 7.61. The van der Waals surface area contributed by atoms with E-state index in [1.807, 2.05) is 6.92 Å². The zero-order valence-corrected chi connectivity index (χ0v) is 13.6. The molecule has 24 heavy (non-hydrogen) atoms. The van der Waals surface area contributed by atoms with Crippen molar-refractivity contribution in [2.24, 2.45) is 5.10 Å². The van der Waals surface area contributed by atoms with Crippen molar-refractivity contribution in [3.8, 4) is 17.2 Å². The zero-order valence-electron chi connectivity index (χ0n) is 13.6. The first-order valence-corrected chi connectivity index (χ1v) is 7.61. The van der Waals surface area contributed by atoms with Crippen molar-refractivity contribution in [1.82, 2.24) is 5.43 Å². The van der Waals surface area contributed by atoms with Crippen molar-refractivity contribution in [2.45, 2.75) is 20.3 Å². The average molecular weight is 328 g/mol. The molecule has 0 spiro atoms. The van der Waals surface area contributed by atoms with Gasteiger partial charge in [0.1, 0.15) is 17.2 Å². The number of nitrogens with zero attached hydrogens (tertiary/aromatic N) is 1. The number of phenols is 2. The first-order chi connectivity index (χ1) is 11.5. The van der Waals surface area contributed by atoms with E-state index < -0.39 is 0 Å². The van der Waals surface area contributed by atoms with Crippen LogP contribution in [-0.2, 0) is 0 Å². The summed E-state index contributed by atoms with van der Waals surface area (Å²) in [5, 5.41) is 23.0. The van der Waals surface area contributed by atoms with Crippen molar-refractivity contribution in [1.29, 1.82) is 0 Å². The highest BCUT2D eigenvalue weighted by atomic mass is 16.5. The van der Waals surface area contributed by atoms with Gasteiger partial charge in [0.25, 0.3) is 5.91 Å². The molecule has 1 amide bonds. The van der Waals surface area contributed by atoms with Crippen LogP contribution in [0, 0.1) is 0 Å². The minimum Gasteiger partial charge on any atom is -0.508 e. The summed E-state index contributed by atoms with van der Waals surface area (Å²) in [6.45, 7) is 4.30. The summed E-state index contributed by atoms with van der Waals surface area (Å²) in [7, 11) is 0. The Bertz CT molecular complexity index is 739. The molecule has 0 saturated carbocycles. The van der Waals surface area contributed by atoms with Crippen molar-refractivity contribution in [3.63, 3.8) is 0 Å². The molecule has 0 saturated heterocycles. The Morgan fingerprint density at radius 1 is 1.17 bits per heavy atom. The van der Waals surface area contributed by atoms with Crippen LogP contribution in [0.1, 0.15) is 36.2 Å². The number of amides is 1. The maximum atomic E-state index is 12.1. The Hall–Kier alpha value is -3.02. The van der Waals surface area contributed by atoms with Crippen LogP contribution in [0.5, 0.6) is 17.2 Å². The Morgan fingerprint density at radius 2 is 1.88 bits per heavy atom. The van der Waals surface area contributed by atoms with Crippen molar-refractivity contribution in [2.75, 3.05) is 6.61 Å². The molecule has 0 radical (unpaired) electrons. The molecule has 0 aliphatic rings. The van der Waals surface area contributed by atoms with E-state index in [4.69, 9.17) is 4.74 Å². The summed E-state index contributed by atoms with van der Waals surface area (Å²) in [6, 6.07) is 10.9. The molecule has 0 aliphatic carbocycles. The van der Waals surface area contributed by atoms with Gasteiger partial charge in [0.15, 0.2) is 0 Å². The fraction of sp³-hybridized carbons (Fsp3) is 0.222. The fourth-order valence-electron chi connectivity index (χ4n) is 2.01. The van der Waals surface area contributed by atoms with Crippen LogP contribution in [0.15, 0.2) is 47.6 Å². The van der Waals surface area contributed by atoms with E-state index in [2.05, 4.69) is 10.5 Å². The van der Waals surface area contributed by atoms with Gasteiger partial charge in [0.2, 0.25) is 0 Å². The predicted molar refractivity (Wildman–Crippen MR) is 91.7 cm³/mol. The molecule has 0 aromatic heterocycles. The Morgan fingerprint density at radius 3 is 2.50 bits per heavy atom. The Kier molecular flexibility index (Phi) is 5.78. The number of carbonyl (C=O) groups is 1. The SMILES string of the molecule is CCCOc1ccc(C(=O)N/N=C(\C)c2ccc(O)cc2O)cc1. The van der Waals surface area contributed by atoms with E-state index in [9.17, 15) is 15.0 Å². The largest absolute Gasteiger partial charge is 0.508 e. The maximum absolute atomic E-state index is 12.1. The van der Waals surface area contributed by atoms with Gasteiger partial charge in [-0.2, -0.15) is 5.10 Å². The fourth-order valence-corrected chi connectivity index (χ4v) is 2.01. The Balaban J connectivity index is 2.03. The number of ether oxygens (including phenoxy) is 1. The summed E-state index contributed by atoms with van der Waals surface area (Å²) >= 11 is 0. The lowest BCUT2D eigenvalue weighted by Gasteiger charge is -2.07. The molecule has 0 aliphatic heterocycles.